The lowest BCUT2D eigenvalue weighted by molar-refractivity contribution is 0.499. The van der Waals surface area contributed by atoms with Gasteiger partial charge in [0.25, 0.3) is 0 Å². The Morgan fingerprint density at radius 3 is 2.40 bits per heavy atom. The molecule has 2 aromatic rings. The Labute approximate surface area is 119 Å². The molecule has 1 unspecified atom stereocenters. The minimum Gasteiger partial charge on any atom is -0.466 e. The van der Waals surface area contributed by atoms with Crippen LogP contribution in [0.15, 0.2) is 10.5 Å². The molecule has 0 aliphatic rings. The molecule has 1 N–H and O–H groups in total. The summed E-state index contributed by atoms with van der Waals surface area (Å²) in [6, 6.07) is 2.13. The van der Waals surface area contributed by atoms with Crippen LogP contribution < -0.4 is 5.32 Å². The molecule has 0 aliphatic heterocycles. The first kappa shape index (κ1) is 14.5. The van der Waals surface area contributed by atoms with Gasteiger partial charge in [-0.05, 0) is 39.7 Å². The van der Waals surface area contributed by atoms with E-state index < -0.39 is 0 Å². The smallest absolute Gasteiger partial charge is 0.243 e. The second-order valence-electron chi connectivity index (χ2n) is 4.97. The lowest BCUT2D eigenvalue weighted by Crippen LogP contribution is -2.13. The van der Waals surface area contributed by atoms with Gasteiger partial charge in [-0.15, -0.1) is 5.10 Å². The average molecular weight is 274 g/mol. The lowest BCUT2D eigenvalue weighted by Gasteiger charge is -2.13. The average Bonchev–Trinajstić information content (AvgIpc) is 2.77. The van der Waals surface area contributed by atoms with Crippen molar-refractivity contribution in [1.82, 2.24) is 15.2 Å². The number of rotatable bonds is 5. The third kappa shape index (κ3) is 2.98. The topological polar surface area (TPSA) is 63.8 Å². The van der Waals surface area contributed by atoms with Crippen molar-refractivity contribution in [1.29, 1.82) is 0 Å². The van der Waals surface area contributed by atoms with Crippen molar-refractivity contribution in [2.24, 2.45) is 0 Å². The summed E-state index contributed by atoms with van der Waals surface area (Å²) in [7, 11) is 0. The van der Waals surface area contributed by atoms with Gasteiger partial charge in [-0.1, -0.05) is 13.8 Å². The van der Waals surface area contributed by atoms with Gasteiger partial charge in [0.15, 0.2) is 0 Å². The van der Waals surface area contributed by atoms with E-state index in [4.69, 9.17) is 4.42 Å². The summed E-state index contributed by atoms with van der Waals surface area (Å²) in [5, 5.41) is 11.7. The maximum absolute atomic E-state index is 5.56. The molecule has 20 heavy (non-hydrogen) atoms. The van der Waals surface area contributed by atoms with E-state index >= 15 is 0 Å². The zero-order valence-electron chi connectivity index (χ0n) is 12.8. The van der Waals surface area contributed by atoms with E-state index in [1.54, 1.807) is 0 Å². The van der Waals surface area contributed by atoms with Crippen LogP contribution in [-0.2, 0) is 12.8 Å². The predicted octanol–water partition coefficient (Wildman–Crippen LogP) is 3.38. The van der Waals surface area contributed by atoms with E-state index in [9.17, 15) is 0 Å². The van der Waals surface area contributed by atoms with Crippen LogP contribution in [0.1, 0.15) is 55.3 Å². The second-order valence-corrected chi connectivity index (χ2v) is 4.97. The van der Waals surface area contributed by atoms with E-state index in [2.05, 4.69) is 41.3 Å². The molecule has 0 saturated heterocycles. The van der Waals surface area contributed by atoms with Crippen molar-refractivity contribution < 1.29 is 4.42 Å². The molecule has 0 aromatic carbocycles. The summed E-state index contributed by atoms with van der Waals surface area (Å²) in [4.78, 5) is 4.55. The fraction of sp³-hybridized carbons (Fsp3) is 0.533. The van der Waals surface area contributed by atoms with Crippen LogP contribution >= 0.6 is 0 Å². The molecule has 0 radical (unpaired) electrons. The molecule has 0 aliphatic carbocycles. The number of aryl methyl sites for hydroxylation is 4. The minimum atomic E-state index is 0.0893. The Bertz CT molecular complexity index is 592. The maximum Gasteiger partial charge on any atom is 0.243 e. The quantitative estimate of drug-likeness (QED) is 0.905. The second kappa shape index (κ2) is 6.03. The molecule has 0 fully saturated rings. The van der Waals surface area contributed by atoms with Gasteiger partial charge in [0, 0.05) is 5.56 Å². The minimum absolute atomic E-state index is 0.0893. The highest BCUT2D eigenvalue weighted by molar-refractivity contribution is 5.34. The van der Waals surface area contributed by atoms with Crippen molar-refractivity contribution in [3.05, 3.63) is 34.5 Å². The summed E-state index contributed by atoms with van der Waals surface area (Å²) >= 11 is 0. The Balaban J connectivity index is 2.19. The van der Waals surface area contributed by atoms with Crippen LogP contribution in [0.5, 0.6) is 0 Å². The number of anilines is 1. The largest absolute Gasteiger partial charge is 0.466 e. The number of aromatic nitrogens is 3. The van der Waals surface area contributed by atoms with Gasteiger partial charge >= 0.3 is 0 Å². The Hall–Kier alpha value is -1.91. The molecule has 0 amide bonds. The van der Waals surface area contributed by atoms with E-state index in [-0.39, 0.29) is 6.04 Å². The van der Waals surface area contributed by atoms with Crippen LogP contribution in [0.4, 0.5) is 5.95 Å². The van der Waals surface area contributed by atoms with Crippen LogP contribution in [0.25, 0.3) is 0 Å². The molecule has 2 aromatic heterocycles. The van der Waals surface area contributed by atoms with Gasteiger partial charge in [0.05, 0.1) is 17.4 Å². The molecule has 0 bridgehead atoms. The van der Waals surface area contributed by atoms with E-state index in [1.807, 2.05) is 19.9 Å². The molecule has 108 valence electrons. The number of hydrogen-bond donors (Lipinski definition) is 1. The highest BCUT2D eigenvalue weighted by atomic mass is 16.3. The van der Waals surface area contributed by atoms with Crippen LogP contribution in [0.3, 0.4) is 0 Å². The predicted molar refractivity (Wildman–Crippen MR) is 78.8 cm³/mol. The number of hydrogen-bond acceptors (Lipinski definition) is 5. The molecular formula is C15H22N4O. The van der Waals surface area contributed by atoms with E-state index in [0.29, 0.717) is 5.95 Å². The van der Waals surface area contributed by atoms with Gasteiger partial charge < -0.3 is 9.73 Å². The third-order valence-electron chi connectivity index (χ3n) is 3.40. The maximum atomic E-state index is 5.56. The van der Waals surface area contributed by atoms with Gasteiger partial charge in [-0.3, -0.25) is 0 Å². The molecule has 2 heterocycles. The fourth-order valence-corrected chi connectivity index (χ4v) is 2.35. The molecule has 5 heteroatoms. The molecule has 5 nitrogen and oxygen atoms in total. The zero-order valence-corrected chi connectivity index (χ0v) is 12.8. The Morgan fingerprint density at radius 2 is 1.85 bits per heavy atom. The Morgan fingerprint density at radius 1 is 1.15 bits per heavy atom. The summed E-state index contributed by atoms with van der Waals surface area (Å²) in [6.45, 7) is 10.1. The van der Waals surface area contributed by atoms with Crippen molar-refractivity contribution in [2.75, 3.05) is 5.32 Å². The third-order valence-corrected chi connectivity index (χ3v) is 3.40. The summed E-state index contributed by atoms with van der Waals surface area (Å²) < 4.78 is 5.56. The zero-order chi connectivity index (χ0) is 14.7. The number of furan rings is 1. The molecule has 0 saturated carbocycles. The Kier molecular flexibility index (Phi) is 4.37. The van der Waals surface area contributed by atoms with Crippen molar-refractivity contribution in [3.8, 4) is 0 Å². The van der Waals surface area contributed by atoms with Gasteiger partial charge in [-0.25, -0.2) is 4.98 Å². The van der Waals surface area contributed by atoms with Crippen molar-refractivity contribution in [2.45, 2.75) is 53.5 Å². The van der Waals surface area contributed by atoms with Crippen LogP contribution in [-0.4, -0.2) is 15.2 Å². The summed E-state index contributed by atoms with van der Waals surface area (Å²) in [5.41, 5.74) is 3.11. The molecule has 2 rings (SSSR count). The fourth-order valence-electron chi connectivity index (χ4n) is 2.35. The number of nitrogens with zero attached hydrogens (tertiary/aromatic N) is 3. The number of nitrogens with one attached hydrogen (secondary N) is 1. The highest BCUT2D eigenvalue weighted by Crippen LogP contribution is 2.23. The standard InChI is InChI=1S/C15H22N4O/c1-6-13-14(7-2)18-19-15(17-13)16-10(4)12-8-9(3)20-11(12)5/h8,10H,6-7H2,1-5H3,(H,16,17,19). The first-order valence-corrected chi connectivity index (χ1v) is 7.11. The lowest BCUT2D eigenvalue weighted by atomic mass is 10.1. The van der Waals surface area contributed by atoms with Gasteiger partial charge in [0.2, 0.25) is 5.95 Å². The van der Waals surface area contributed by atoms with Gasteiger partial charge in [0.1, 0.15) is 11.5 Å². The summed E-state index contributed by atoms with van der Waals surface area (Å²) in [5.74, 6) is 2.42. The van der Waals surface area contributed by atoms with Crippen molar-refractivity contribution >= 4 is 5.95 Å². The van der Waals surface area contributed by atoms with Gasteiger partial charge in [-0.2, -0.15) is 5.10 Å². The van der Waals surface area contributed by atoms with Crippen LogP contribution in [0, 0.1) is 13.8 Å². The molecule has 0 spiro atoms. The summed E-state index contributed by atoms with van der Waals surface area (Å²) in [6.07, 6.45) is 1.73. The van der Waals surface area contributed by atoms with Crippen LogP contribution in [0.2, 0.25) is 0 Å². The van der Waals surface area contributed by atoms with E-state index in [0.717, 1.165) is 41.3 Å². The monoisotopic (exact) mass is 274 g/mol. The normalized spacial score (nSPS) is 12.4. The highest BCUT2D eigenvalue weighted by Gasteiger charge is 2.14. The first-order valence-electron chi connectivity index (χ1n) is 7.11. The van der Waals surface area contributed by atoms with Crippen molar-refractivity contribution in [3.63, 3.8) is 0 Å². The first-order chi connectivity index (χ1) is 9.55. The molecule has 1 atom stereocenters. The van der Waals surface area contributed by atoms with E-state index in [1.165, 1.54) is 0 Å². The SMILES string of the molecule is CCc1nnc(NC(C)c2cc(C)oc2C)nc1CC. The molecular weight excluding hydrogens is 252 g/mol.